The summed E-state index contributed by atoms with van der Waals surface area (Å²) in [5.41, 5.74) is -1.26. The highest BCUT2D eigenvalue weighted by Gasteiger charge is 2.31. The lowest BCUT2D eigenvalue weighted by Gasteiger charge is -2.08. The van der Waals surface area contributed by atoms with Gasteiger partial charge in [-0.1, -0.05) is 6.07 Å². The zero-order valence-electron chi connectivity index (χ0n) is 8.25. The van der Waals surface area contributed by atoms with E-state index >= 15 is 0 Å². The van der Waals surface area contributed by atoms with Gasteiger partial charge in [-0.05, 0) is 12.1 Å². The van der Waals surface area contributed by atoms with Crippen LogP contribution in [0.3, 0.4) is 0 Å². The molecule has 0 saturated carbocycles. The molecule has 0 aliphatic rings. The van der Waals surface area contributed by atoms with Crippen LogP contribution >= 0.6 is 0 Å². The summed E-state index contributed by atoms with van der Waals surface area (Å²) in [5, 5.41) is 8.75. The molecule has 3 nitrogen and oxygen atoms in total. The number of hydrogen-bond donors (Lipinski definition) is 1. The van der Waals surface area contributed by atoms with Gasteiger partial charge in [0.05, 0.1) is 11.1 Å². The van der Waals surface area contributed by atoms with Crippen molar-refractivity contribution in [2.24, 2.45) is 4.99 Å². The first-order chi connectivity index (χ1) is 7.36. The second-order valence-corrected chi connectivity index (χ2v) is 2.99. The summed E-state index contributed by atoms with van der Waals surface area (Å²) in [4.78, 5) is 14.3. The van der Waals surface area contributed by atoms with Gasteiger partial charge in [-0.3, -0.25) is 4.99 Å². The molecule has 0 saturated heterocycles. The van der Waals surface area contributed by atoms with E-state index in [1.165, 1.54) is 13.3 Å². The number of carboxylic acids is 1. The molecule has 0 aliphatic carbocycles. The standard InChI is InChI=1S/C10H8F3NO2/c1-14-5-6-2-3-7(10(11,12)13)4-8(6)9(15)16/h2-5H,1H3,(H,15,16). The lowest BCUT2D eigenvalue weighted by atomic mass is 10.0. The average Bonchev–Trinajstić information content (AvgIpc) is 2.16. The predicted octanol–water partition coefficient (Wildman–Crippen LogP) is 2.45. The van der Waals surface area contributed by atoms with Gasteiger partial charge in [0.2, 0.25) is 0 Å². The molecular formula is C10H8F3NO2. The van der Waals surface area contributed by atoms with Crippen LogP contribution in [0.4, 0.5) is 13.2 Å². The average molecular weight is 231 g/mol. The van der Waals surface area contributed by atoms with Crippen molar-refractivity contribution in [1.29, 1.82) is 0 Å². The number of hydrogen-bond acceptors (Lipinski definition) is 2. The number of alkyl halides is 3. The first kappa shape index (κ1) is 12.2. The molecule has 0 atom stereocenters. The van der Waals surface area contributed by atoms with Crippen LogP contribution in [-0.2, 0) is 6.18 Å². The van der Waals surface area contributed by atoms with Gasteiger partial charge in [-0.15, -0.1) is 0 Å². The van der Waals surface area contributed by atoms with Crippen molar-refractivity contribution < 1.29 is 23.1 Å². The summed E-state index contributed by atoms with van der Waals surface area (Å²) >= 11 is 0. The van der Waals surface area contributed by atoms with E-state index in [4.69, 9.17) is 5.11 Å². The molecule has 86 valence electrons. The molecule has 1 aromatic rings. The van der Waals surface area contributed by atoms with Gasteiger partial charge in [0.15, 0.2) is 0 Å². The lowest BCUT2D eigenvalue weighted by molar-refractivity contribution is -0.137. The third-order valence-corrected chi connectivity index (χ3v) is 1.88. The zero-order chi connectivity index (χ0) is 12.3. The molecule has 0 aromatic heterocycles. The van der Waals surface area contributed by atoms with Gasteiger partial charge in [-0.25, -0.2) is 4.79 Å². The molecule has 6 heteroatoms. The summed E-state index contributed by atoms with van der Waals surface area (Å²) in [6.45, 7) is 0. The van der Waals surface area contributed by atoms with Gasteiger partial charge in [0.1, 0.15) is 0 Å². The minimum atomic E-state index is -4.55. The van der Waals surface area contributed by atoms with Gasteiger partial charge < -0.3 is 5.11 Å². The molecule has 1 N–H and O–H groups in total. The first-order valence-corrected chi connectivity index (χ1v) is 4.23. The second kappa shape index (κ2) is 4.34. The van der Waals surface area contributed by atoms with Crippen molar-refractivity contribution in [2.75, 3.05) is 7.05 Å². The first-order valence-electron chi connectivity index (χ1n) is 4.23. The van der Waals surface area contributed by atoms with Crippen LogP contribution in [0.1, 0.15) is 21.5 Å². The minimum Gasteiger partial charge on any atom is -0.478 e. The Kier molecular flexibility index (Phi) is 3.31. The number of benzene rings is 1. The Morgan fingerprint density at radius 1 is 1.44 bits per heavy atom. The lowest BCUT2D eigenvalue weighted by Crippen LogP contribution is -2.09. The summed E-state index contributed by atoms with van der Waals surface area (Å²) in [5.74, 6) is -1.42. The third kappa shape index (κ3) is 2.59. The Hall–Kier alpha value is -1.85. The zero-order valence-corrected chi connectivity index (χ0v) is 8.25. The summed E-state index contributed by atoms with van der Waals surface area (Å²) in [6, 6.07) is 2.50. The number of carboxylic acid groups (broad SMARTS) is 1. The Morgan fingerprint density at radius 2 is 2.06 bits per heavy atom. The van der Waals surface area contributed by atoms with Crippen molar-refractivity contribution in [1.82, 2.24) is 0 Å². The highest BCUT2D eigenvalue weighted by Crippen LogP contribution is 2.30. The Labute approximate surface area is 89.2 Å². The van der Waals surface area contributed by atoms with Gasteiger partial charge >= 0.3 is 12.1 Å². The number of carbonyl (C=O) groups is 1. The maximum Gasteiger partial charge on any atom is 0.416 e. The van der Waals surface area contributed by atoms with Crippen molar-refractivity contribution in [3.05, 3.63) is 34.9 Å². The number of aromatic carboxylic acids is 1. The molecule has 16 heavy (non-hydrogen) atoms. The third-order valence-electron chi connectivity index (χ3n) is 1.88. The van der Waals surface area contributed by atoms with Crippen LogP contribution in [0.5, 0.6) is 0 Å². The second-order valence-electron chi connectivity index (χ2n) is 2.99. The number of rotatable bonds is 2. The molecule has 0 fully saturated rings. The quantitative estimate of drug-likeness (QED) is 0.795. The van der Waals surface area contributed by atoms with Crippen molar-refractivity contribution >= 4 is 12.2 Å². The fourth-order valence-corrected chi connectivity index (χ4v) is 1.17. The van der Waals surface area contributed by atoms with E-state index in [9.17, 15) is 18.0 Å². The van der Waals surface area contributed by atoms with E-state index < -0.39 is 23.3 Å². The van der Waals surface area contributed by atoms with Crippen LogP contribution in [0.25, 0.3) is 0 Å². The molecule has 0 aliphatic heterocycles. The van der Waals surface area contributed by atoms with Gasteiger partial charge in [0.25, 0.3) is 0 Å². The molecule has 0 radical (unpaired) electrons. The molecule has 0 unspecified atom stereocenters. The van der Waals surface area contributed by atoms with E-state index in [2.05, 4.69) is 4.99 Å². The largest absolute Gasteiger partial charge is 0.478 e. The topological polar surface area (TPSA) is 49.7 Å². The maximum absolute atomic E-state index is 12.3. The highest BCUT2D eigenvalue weighted by molar-refractivity contribution is 5.98. The molecule has 0 heterocycles. The van der Waals surface area contributed by atoms with Crippen molar-refractivity contribution in [3.63, 3.8) is 0 Å². The van der Waals surface area contributed by atoms with E-state index in [1.54, 1.807) is 0 Å². The van der Waals surface area contributed by atoms with Crippen LogP contribution in [0, 0.1) is 0 Å². The molecule has 1 aromatic carbocycles. The number of aliphatic imine (C=N–C) groups is 1. The van der Waals surface area contributed by atoms with E-state index in [0.29, 0.717) is 6.07 Å². The SMILES string of the molecule is CN=Cc1ccc(C(F)(F)F)cc1C(=O)O. The predicted molar refractivity (Wildman–Crippen MR) is 51.9 cm³/mol. The number of nitrogens with zero attached hydrogens (tertiary/aromatic N) is 1. The molecular weight excluding hydrogens is 223 g/mol. The highest BCUT2D eigenvalue weighted by atomic mass is 19.4. The monoisotopic (exact) mass is 231 g/mol. The maximum atomic E-state index is 12.3. The Bertz CT molecular complexity index is 438. The Morgan fingerprint density at radius 3 is 2.50 bits per heavy atom. The molecule has 1 rings (SSSR count). The van der Waals surface area contributed by atoms with Gasteiger partial charge in [-0.2, -0.15) is 13.2 Å². The van der Waals surface area contributed by atoms with Crippen LogP contribution in [0.15, 0.2) is 23.2 Å². The molecule has 0 bridgehead atoms. The van der Waals surface area contributed by atoms with Crippen molar-refractivity contribution in [3.8, 4) is 0 Å². The Balaban J connectivity index is 3.34. The fraction of sp³-hybridized carbons (Fsp3) is 0.200. The minimum absolute atomic E-state index is 0.142. The van der Waals surface area contributed by atoms with E-state index in [1.807, 2.05) is 0 Å². The summed E-state index contributed by atoms with van der Waals surface area (Å²) in [6.07, 6.45) is -3.35. The summed E-state index contributed by atoms with van der Waals surface area (Å²) in [7, 11) is 1.41. The summed E-state index contributed by atoms with van der Waals surface area (Å²) < 4.78 is 37.0. The van der Waals surface area contributed by atoms with Crippen LogP contribution in [0.2, 0.25) is 0 Å². The normalized spacial score (nSPS) is 12.0. The smallest absolute Gasteiger partial charge is 0.416 e. The van der Waals surface area contributed by atoms with E-state index in [0.717, 1.165) is 12.1 Å². The number of halogens is 3. The fourth-order valence-electron chi connectivity index (χ4n) is 1.17. The van der Waals surface area contributed by atoms with Crippen LogP contribution < -0.4 is 0 Å². The van der Waals surface area contributed by atoms with Gasteiger partial charge in [0, 0.05) is 18.8 Å². The van der Waals surface area contributed by atoms with Crippen LogP contribution in [-0.4, -0.2) is 24.3 Å². The molecule has 0 spiro atoms. The van der Waals surface area contributed by atoms with E-state index in [-0.39, 0.29) is 5.56 Å². The van der Waals surface area contributed by atoms with Crippen molar-refractivity contribution in [2.45, 2.75) is 6.18 Å². The molecule has 0 amide bonds.